The topological polar surface area (TPSA) is 30.7 Å². The Morgan fingerprint density at radius 3 is 2.89 bits per heavy atom. The molecule has 3 heteroatoms. The molecule has 3 nitrogen and oxygen atoms in total. The summed E-state index contributed by atoms with van der Waals surface area (Å²) in [5, 5.41) is 1.18. The van der Waals surface area contributed by atoms with Crippen LogP contribution in [0.25, 0.3) is 10.9 Å². The Morgan fingerprint density at radius 2 is 2.00 bits per heavy atom. The molecule has 90 valence electrons. The monoisotopic (exact) mass is 237 g/mol. The molecule has 0 radical (unpaired) electrons. The van der Waals surface area contributed by atoms with E-state index in [9.17, 15) is 0 Å². The summed E-state index contributed by atoms with van der Waals surface area (Å²) >= 11 is 0. The first-order chi connectivity index (χ1) is 8.86. The minimum Gasteiger partial charge on any atom is -0.329 e. The second kappa shape index (κ2) is 4.61. The van der Waals surface area contributed by atoms with Crippen molar-refractivity contribution in [3.05, 3.63) is 60.3 Å². The summed E-state index contributed by atoms with van der Waals surface area (Å²) in [6, 6.07) is 12.4. The molecule has 0 fully saturated rings. The lowest BCUT2D eigenvalue weighted by Gasteiger charge is -2.06. The van der Waals surface area contributed by atoms with Crippen LogP contribution in [0.15, 0.2) is 48.8 Å². The molecule has 0 aliphatic carbocycles. The Bertz CT molecular complexity index is 670. The zero-order chi connectivity index (χ0) is 12.4. The minimum atomic E-state index is 0.786. The number of aryl methyl sites for hydroxylation is 1. The largest absolute Gasteiger partial charge is 0.329 e. The van der Waals surface area contributed by atoms with Crippen LogP contribution < -0.4 is 0 Å². The number of aromatic nitrogens is 3. The Hall–Kier alpha value is -2.16. The molecule has 3 aromatic rings. The van der Waals surface area contributed by atoms with E-state index < -0.39 is 0 Å². The lowest BCUT2D eigenvalue weighted by molar-refractivity contribution is 0.719. The van der Waals surface area contributed by atoms with Gasteiger partial charge in [0.15, 0.2) is 0 Å². The number of benzene rings is 1. The molecule has 0 bridgehead atoms. The van der Waals surface area contributed by atoms with Crippen LogP contribution in [0.4, 0.5) is 0 Å². The third-order valence-electron chi connectivity index (χ3n) is 3.11. The van der Waals surface area contributed by atoms with Gasteiger partial charge in [0.1, 0.15) is 5.82 Å². The number of para-hydroxylation sites is 1. The summed E-state index contributed by atoms with van der Waals surface area (Å²) in [5.74, 6) is 1.10. The maximum absolute atomic E-state index is 4.68. The maximum Gasteiger partial charge on any atom is 0.108 e. The molecule has 2 aromatic heterocycles. The minimum absolute atomic E-state index is 0.786. The highest BCUT2D eigenvalue weighted by atomic mass is 15.1. The number of pyridine rings is 1. The van der Waals surface area contributed by atoms with E-state index in [0.717, 1.165) is 30.0 Å². The number of imidazole rings is 1. The Labute approximate surface area is 106 Å². The summed E-state index contributed by atoms with van der Waals surface area (Å²) in [7, 11) is 0. The molecule has 0 saturated carbocycles. The second-order valence-corrected chi connectivity index (χ2v) is 4.32. The SMILES string of the molecule is CCc1nccn1Cc1ccc2ccccc2n1. The Kier molecular flexibility index (Phi) is 2.81. The third-order valence-corrected chi connectivity index (χ3v) is 3.11. The average Bonchev–Trinajstić information content (AvgIpc) is 2.86. The zero-order valence-electron chi connectivity index (χ0n) is 10.4. The summed E-state index contributed by atoms with van der Waals surface area (Å²) < 4.78 is 2.15. The normalized spacial score (nSPS) is 10.9. The summed E-state index contributed by atoms with van der Waals surface area (Å²) in [6.45, 7) is 2.90. The first-order valence-corrected chi connectivity index (χ1v) is 6.21. The molecule has 0 saturated heterocycles. The van der Waals surface area contributed by atoms with Crippen LogP contribution in [0, 0.1) is 0 Å². The predicted octanol–water partition coefficient (Wildman–Crippen LogP) is 3.04. The van der Waals surface area contributed by atoms with Gasteiger partial charge in [-0.05, 0) is 12.1 Å². The lowest BCUT2D eigenvalue weighted by Crippen LogP contribution is -2.04. The lowest BCUT2D eigenvalue weighted by atomic mass is 10.2. The van der Waals surface area contributed by atoms with Crippen molar-refractivity contribution in [2.24, 2.45) is 0 Å². The summed E-state index contributed by atoms with van der Waals surface area (Å²) in [6.07, 6.45) is 4.80. The van der Waals surface area contributed by atoms with Crippen LogP contribution in [0.2, 0.25) is 0 Å². The maximum atomic E-state index is 4.68. The van der Waals surface area contributed by atoms with Gasteiger partial charge in [-0.2, -0.15) is 0 Å². The summed E-state index contributed by atoms with van der Waals surface area (Å²) in [4.78, 5) is 9.01. The van der Waals surface area contributed by atoms with Gasteiger partial charge < -0.3 is 4.57 Å². The van der Waals surface area contributed by atoms with E-state index in [0.29, 0.717) is 0 Å². The molecule has 0 amide bonds. The van der Waals surface area contributed by atoms with Gasteiger partial charge in [0.2, 0.25) is 0 Å². The highest BCUT2D eigenvalue weighted by Gasteiger charge is 2.03. The van der Waals surface area contributed by atoms with Crippen molar-refractivity contribution in [2.45, 2.75) is 19.9 Å². The van der Waals surface area contributed by atoms with Crippen LogP contribution in [0.1, 0.15) is 18.4 Å². The number of fused-ring (bicyclic) bond motifs is 1. The van der Waals surface area contributed by atoms with E-state index in [4.69, 9.17) is 0 Å². The number of hydrogen-bond donors (Lipinski definition) is 0. The van der Waals surface area contributed by atoms with Gasteiger partial charge in [0.05, 0.1) is 17.8 Å². The van der Waals surface area contributed by atoms with Crippen LogP contribution in [-0.2, 0) is 13.0 Å². The zero-order valence-corrected chi connectivity index (χ0v) is 10.4. The molecule has 0 aliphatic rings. The van der Waals surface area contributed by atoms with Gasteiger partial charge in [-0.1, -0.05) is 31.2 Å². The second-order valence-electron chi connectivity index (χ2n) is 4.32. The van der Waals surface area contributed by atoms with E-state index in [2.05, 4.69) is 39.7 Å². The molecular weight excluding hydrogens is 222 g/mol. The highest BCUT2D eigenvalue weighted by Crippen LogP contribution is 2.13. The molecule has 0 N–H and O–H groups in total. The van der Waals surface area contributed by atoms with E-state index >= 15 is 0 Å². The number of rotatable bonds is 3. The van der Waals surface area contributed by atoms with E-state index in [1.807, 2.05) is 30.6 Å². The van der Waals surface area contributed by atoms with Gasteiger partial charge >= 0.3 is 0 Å². The van der Waals surface area contributed by atoms with Gasteiger partial charge in [0.25, 0.3) is 0 Å². The van der Waals surface area contributed by atoms with Crippen molar-refractivity contribution < 1.29 is 0 Å². The van der Waals surface area contributed by atoms with Crippen molar-refractivity contribution in [1.29, 1.82) is 0 Å². The standard InChI is InChI=1S/C15H15N3/c1-2-15-16-9-10-18(15)11-13-8-7-12-5-3-4-6-14(12)17-13/h3-10H,2,11H2,1H3. The fourth-order valence-electron chi connectivity index (χ4n) is 2.17. The van der Waals surface area contributed by atoms with Gasteiger partial charge in [0, 0.05) is 24.2 Å². The number of hydrogen-bond acceptors (Lipinski definition) is 2. The van der Waals surface area contributed by atoms with Gasteiger partial charge in [-0.25, -0.2) is 4.98 Å². The molecule has 3 rings (SSSR count). The van der Waals surface area contributed by atoms with Crippen molar-refractivity contribution in [3.63, 3.8) is 0 Å². The smallest absolute Gasteiger partial charge is 0.108 e. The van der Waals surface area contributed by atoms with Crippen LogP contribution in [-0.4, -0.2) is 14.5 Å². The van der Waals surface area contributed by atoms with Crippen LogP contribution in [0.5, 0.6) is 0 Å². The van der Waals surface area contributed by atoms with Gasteiger partial charge in [-0.15, -0.1) is 0 Å². The molecular formula is C15H15N3. The Balaban J connectivity index is 1.95. The van der Waals surface area contributed by atoms with Crippen LogP contribution in [0.3, 0.4) is 0 Å². The van der Waals surface area contributed by atoms with E-state index in [-0.39, 0.29) is 0 Å². The van der Waals surface area contributed by atoms with E-state index in [1.54, 1.807) is 0 Å². The molecule has 0 spiro atoms. The molecule has 0 atom stereocenters. The molecule has 1 aromatic carbocycles. The van der Waals surface area contributed by atoms with Crippen molar-refractivity contribution in [2.75, 3.05) is 0 Å². The van der Waals surface area contributed by atoms with Crippen molar-refractivity contribution in [1.82, 2.24) is 14.5 Å². The highest BCUT2D eigenvalue weighted by molar-refractivity contribution is 5.78. The molecule has 0 aliphatic heterocycles. The van der Waals surface area contributed by atoms with Crippen molar-refractivity contribution in [3.8, 4) is 0 Å². The predicted molar refractivity (Wildman–Crippen MR) is 72.5 cm³/mol. The average molecular weight is 237 g/mol. The molecule has 0 unspecified atom stereocenters. The fourth-order valence-corrected chi connectivity index (χ4v) is 2.17. The number of nitrogens with zero attached hydrogens (tertiary/aromatic N) is 3. The first-order valence-electron chi connectivity index (χ1n) is 6.21. The Morgan fingerprint density at radius 1 is 1.11 bits per heavy atom. The van der Waals surface area contributed by atoms with E-state index in [1.165, 1.54) is 5.39 Å². The van der Waals surface area contributed by atoms with Gasteiger partial charge in [-0.3, -0.25) is 4.98 Å². The molecule has 18 heavy (non-hydrogen) atoms. The van der Waals surface area contributed by atoms with Crippen LogP contribution >= 0.6 is 0 Å². The van der Waals surface area contributed by atoms with Crippen molar-refractivity contribution >= 4 is 10.9 Å². The third kappa shape index (κ3) is 1.99. The fraction of sp³-hybridized carbons (Fsp3) is 0.200. The molecule has 2 heterocycles. The first kappa shape index (κ1) is 11.0. The summed E-state index contributed by atoms with van der Waals surface area (Å²) in [5.41, 5.74) is 2.12. The quantitative estimate of drug-likeness (QED) is 0.701.